The zero-order valence-corrected chi connectivity index (χ0v) is 10.7. The van der Waals surface area contributed by atoms with Crippen molar-refractivity contribution < 1.29 is 0 Å². The fraction of sp³-hybridized carbons (Fsp3) is 0.364. The van der Waals surface area contributed by atoms with E-state index >= 15 is 0 Å². The van der Waals surface area contributed by atoms with Gasteiger partial charge in [-0.1, -0.05) is 6.92 Å². The van der Waals surface area contributed by atoms with E-state index in [0.717, 1.165) is 22.9 Å². The van der Waals surface area contributed by atoms with E-state index in [4.69, 9.17) is 5.73 Å². The Balaban J connectivity index is 2.00. The number of nitrogens with zero attached hydrogens (tertiary/aromatic N) is 3. The smallest absolute Gasteiger partial charge is 0.134 e. The summed E-state index contributed by atoms with van der Waals surface area (Å²) >= 11 is 1.66. The molecule has 6 heteroatoms. The van der Waals surface area contributed by atoms with Crippen molar-refractivity contribution in [1.82, 2.24) is 15.0 Å². The molecule has 17 heavy (non-hydrogen) atoms. The molecule has 0 saturated heterocycles. The Hall–Kier alpha value is -1.69. The molecule has 2 heterocycles. The highest BCUT2D eigenvalue weighted by Crippen LogP contribution is 2.20. The molecule has 90 valence electrons. The minimum absolute atomic E-state index is 0.352. The zero-order valence-electron chi connectivity index (χ0n) is 9.84. The van der Waals surface area contributed by atoms with Gasteiger partial charge in [-0.3, -0.25) is 0 Å². The molecule has 5 nitrogen and oxygen atoms in total. The van der Waals surface area contributed by atoms with E-state index in [9.17, 15) is 0 Å². The Morgan fingerprint density at radius 2 is 2.24 bits per heavy atom. The standard InChI is InChI=1S/C11H15N5S/c1-7(11-13-3-4-17-11)5-14-10-8(2)9(12)15-6-16-10/h3-4,6-7H,5H2,1-2H3,(H3,12,14,15,16). The van der Waals surface area contributed by atoms with Crippen LogP contribution in [-0.2, 0) is 0 Å². The van der Waals surface area contributed by atoms with E-state index < -0.39 is 0 Å². The van der Waals surface area contributed by atoms with Gasteiger partial charge < -0.3 is 11.1 Å². The predicted octanol–water partition coefficient (Wildman–Crippen LogP) is 2.04. The molecule has 2 rings (SSSR count). The number of nitrogen functional groups attached to an aromatic ring is 1. The lowest BCUT2D eigenvalue weighted by Gasteiger charge is -2.12. The first-order chi connectivity index (χ1) is 8.18. The summed E-state index contributed by atoms with van der Waals surface area (Å²) in [5.74, 6) is 1.66. The second-order valence-corrected chi connectivity index (χ2v) is 4.81. The van der Waals surface area contributed by atoms with Gasteiger partial charge in [0.05, 0.1) is 5.01 Å². The van der Waals surface area contributed by atoms with Gasteiger partial charge in [0, 0.05) is 29.6 Å². The van der Waals surface area contributed by atoms with Crippen LogP contribution in [0.15, 0.2) is 17.9 Å². The normalized spacial score (nSPS) is 12.4. The molecule has 3 N–H and O–H groups in total. The van der Waals surface area contributed by atoms with E-state index in [1.807, 2.05) is 18.5 Å². The van der Waals surface area contributed by atoms with Crippen molar-refractivity contribution in [2.24, 2.45) is 0 Å². The Morgan fingerprint density at radius 1 is 1.41 bits per heavy atom. The van der Waals surface area contributed by atoms with Gasteiger partial charge in [-0.2, -0.15) is 0 Å². The third kappa shape index (κ3) is 2.71. The summed E-state index contributed by atoms with van der Waals surface area (Å²) in [5, 5.41) is 6.39. The SMILES string of the molecule is Cc1c(N)ncnc1NCC(C)c1nccs1. The first-order valence-electron chi connectivity index (χ1n) is 5.39. The fourth-order valence-corrected chi connectivity index (χ4v) is 2.16. The Bertz CT molecular complexity index is 483. The van der Waals surface area contributed by atoms with Crippen LogP contribution < -0.4 is 11.1 Å². The molecule has 0 aliphatic carbocycles. The number of rotatable bonds is 4. The van der Waals surface area contributed by atoms with E-state index in [0.29, 0.717) is 11.7 Å². The molecule has 2 aromatic heterocycles. The van der Waals surface area contributed by atoms with Gasteiger partial charge in [0.25, 0.3) is 0 Å². The molecule has 0 bridgehead atoms. The van der Waals surface area contributed by atoms with Crippen molar-refractivity contribution in [3.63, 3.8) is 0 Å². The van der Waals surface area contributed by atoms with Crippen LogP contribution >= 0.6 is 11.3 Å². The zero-order chi connectivity index (χ0) is 12.3. The number of thiazole rings is 1. The molecule has 0 aliphatic rings. The molecular formula is C11H15N5S. The number of nitrogens with one attached hydrogen (secondary N) is 1. The lowest BCUT2D eigenvalue weighted by molar-refractivity contribution is 0.790. The maximum Gasteiger partial charge on any atom is 0.134 e. The number of anilines is 2. The van der Waals surface area contributed by atoms with Crippen LogP contribution in [0.25, 0.3) is 0 Å². The van der Waals surface area contributed by atoms with Crippen molar-refractivity contribution in [3.05, 3.63) is 28.5 Å². The van der Waals surface area contributed by atoms with Gasteiger partial charge in [-0.05, 0) is 6.92 Å². The maximum atomic E-state index is 5.72. The van der Waals surface area contributed by atoms with Crippen molar-refractivity contribution in [2.45, 2.75) is 19.8 Å². The number of aromatic nitrogens is 3. The Morgan fingerprint density at radius 3 is 2.94 bits per heavy atom. The van der Waals surface area contributed by atoms with Gasteiger partial charge >= 0.3 is 0 Å². The minimum atomic E-state index is 0.352. The quantitative estimate of drug-likeness (QED) is 0.867. The second-order valence-electron chi connectivity index (χ2n) is 3.88. The van der Waals surface area contributed by atoms with Crippen LogP contribution in [0.2, 0.25) is 0 Å². The van der Waals surface area contributed by atoms with Crippen molar-refractivity contribution in [2.75, 3.05) is 17.6 Å². The molecule has 0 radical (unpaired) electrons. The molecule has 2 aromatic rings. The van der Waals surface area contributed by atoms with Crippen LogP contribution in [0, 0.1) is 6.92 Å². The fourth-order valence-electron chi connectivity index (χ4n) is 1.46. The van der Waals surface area contributed by atoms with Crippen molar-refractivity contribution in [3.8, 4) is 0 Å². The topological polar surface area (TPSA) is 76.7 Å². The monoisotopic (exact) mass is 249 g/mol. The highest BCUT2D eigenvalue weighted by molar-refractivity contribution is 7.09. The molecule has 0 spiro atoms. The van der Waals surface area contributed by atoms with Crippen molar-refractivity contribution in [1.29, 1.82) is 0 Å². The molecule has 0 fully saturated rings. The van der Waals surface area contributed by atoms with Crippen LogP contribution in [0.1, 0.15) is 23.4 Å². The Labute approximate surface area is 104 Å². The number of hydrogen-bond donors (Lipinski definition) is 2. The largest absolute Gasteiger partial charge is 0.383 e. The van der Waals surface area contributed by atoms with Crippen LogP contribution in [0.3, 0.4) is 0 Å². The maximum absolute atomic E-state index is 5.72. The molecule has 1 unspecified atom stereocenters. The van der Waals surface area contributed by atoms with Gasteiger partial charge in [0.2, 0.25) is 0 Å². The van der Waals surface area contributed by atoms with Crippen LogP contribution in [0.4, 0.5) is 11.6 Å². The van der Waals surface area contributed by atoms with Crippen LogP contribution in [-0.4, -0.2) is 21.5 Å². The van der Waals surface area contributed by atoms with Crippen LogP contribution in [0.5, 0.6) is 0 Å². The number of nitrogens with two attached hydrogens (primary N) is 1. The molecular weight excluding hydrogens is 234 g/mol. The first-order valence-corrected chi connectivity index (χ1v) is 6.26. The van der Waals surface area contributed by atoms with Crippen molar-refractivity contribution >= 4 is 23.0 Å². The summed E-state index contributed by atoms with van der Waals surface area (Å²) in [6.45, 7) is 4.82. The predicted molar refractivity (Wildman–Crippen MR) is 70.2 cm³/mol. The highest BCUT2D eigenvalue weighted by Gasteiger charge is 2.09. The average molecular weight is 249 g/mol. The first kappa shape index (κ1) is 11.8. The molecule has 0 aliphatic heterocycles. The summed E-state index contributed by atoms with van der Waals surface area (Å²) in [6.07, 6.45) is 3.29. The van der Waals surface area contributed by atoms with E-state index in [2.05, 4.69) is 27.2 Å². The van der Waals surface area contributed by atoms with E-state index in [1.54, 1.807) is 11.3 Å². The van der Waals surface area contributed by atoms with Gasteiger partial charge in [-0.15, -0.1) is 11.3 Å². The third-order valence-electron chi connectivity index (χ3n) is 2.57. The summed E-state index contributed by atoms with van der Waals surface area (Å²) < 4.78 is 0. The van der Waals surface area contributed by atoms with Gasteiger partial charge in [-0.25, -0.2) is 15.0 Å². The summed E-state index contributed by atoms with van der Waals surface area (Å²) in [6, 6.07) is 0. The van der Waals surface area contributed by atoms with Gasteiger partial charge in [0.1, 0.15) is 18.0 Å². The summed E-state index contributed by atoms with van der Waals surface area (Å²) in [7, 11) is 0. The molecule has 0 saturated carbocycles. The summed E-state index contributed by atoms with van der Waals surface area (Å²) in [4.78, 5) is 12.4. The molecule has 1 atom stereocenters. The van der Waals surface area contributed by atoms with E-state index in [-0.39, 0.29) is 0 Å². The lowest BCUT2D eigenvalue weighted by atomic mass is 10.2. The third-order valence-corrected chi connectivity index (χ3v) is 3.58. The Kier molecular flexibility index (Phi) is 3.53. The second kappa shape index (κ2) is 5.09. The van der Waals surface area contributed by atoms with E-state index in [1.165, 1.54) is 6.33 Å². The lowest BCUT2D eigenvalue weighted by Crippen LogP contribution is -2.12. The molecule has 0 amide bonds. The highest BCUT2D eigenvalue weighted by atomic mass is 32.1. The summed E-state index contributed by atoms with van der Waals surface area (Å²) in [5.41, 5.74) is 6.61. The number of hydrogen-bond acceptors (Lipinski definition) is 6. The average Bonchev–Trinajstić information content (AvgIpc) is 2.84. The minimum Gasteiger partial charge on any atom is -0.383 e. The molecule has 0 aromatic carbocycles. The van der Waals surface area contributed by atoms with Gasteiger partial charge in [0.15, 0.2) is 0 Å².